The Balaban J connectivity index is 1.59. The molecule has 1 aromatic carbocycles. The molecule has 1 atom stereocenters. The predicted octanol–water partition coefficient (Wildman–Crippen LogP) is 3.72. The van der Waals surface area contributed by atoms with Crippen molar-refractivity contribution in [2.45, 2.75) is 31.3 Å². The SMILES string of the molecule is CNC1(N(C)C(=O)c2c(O)c(=O)c(C(=N)SC(=N)Cc3ccc(F)cc3F)cn2C)CCCc2occc21. The number of pyridine rings is 1. The summed E-state index contributed by atoms with van der Waals surface area (Å²) in [6, 6.07) is 4.78. The lowest BCUT2D eigenvalue weighted by Crippen LogP contribution is -2.57. The normalized spacial score (nSPS) is 16.7. The molecule has 0 spiro atoms. The molecule has 2 heterocycles. The van der Waals surface area contributed by atoms with Gasteiger partial charge in [0.1, 0.15) is 28.1 Å². The maximum atomic E-state index is 13.9. The molecule has 1 aliphatic rings. The summed E-state index contributed by atoms with van der Waals surface area (Å²) in [5.41, 5.74) is -1.46. The second-order valence-electron chi connectivity index (χ2n) is 9.03. The van der Waals surface area contributed by atoms with E-state index in [2.05, 4.69) is 5.32 Å². The van der Waals surface area contributed by atoms with Crippen LogP contribution in [0.25, 0.3) is 0 Å². The first-order chi connectivity index (χ1) is 18.0. The smallest absolute Gasteiger partial charge is 0.275 e. The van der Waals surface area contributed by atoms with Gasteiger partial charge in [-0.25, -0.2) is 8.78 Å². The summed E-state index contributed by atoms with van der Waals surface area (Å²) in [5.74, 6) is -2.24. The zero-order valence-corrected chi connectivity index (χ0v) is 21.8. The van der Waals surface area contributed by atoms with Crippen LogP contribution in [0.4, 0.5) is 8.78 Å². The van der Waals surface area contributed by atoms with Gasteiger partial charge in [0.05, 0.1) is 16.9 Å². The van der Waals surface area contributed by atoms with Gasteiger partial charge < -0.3 is 19.0 Å². The molecule has 4 rings (SSSR count). The number of carbonyl (C=O) groups is 1. The second-order valence-corrected chi connectivity index (χ2v) is 10.1. The lowest BCUT2D eigenvalue weighted by Gasteiger charge is -2.44. The first-order valence-electron chi connectivity index (χ1n) is 11.7. The zero-order chi connectivity index (χ0) is 27.8. The highest BCUT2D eigenvalue weighted by atomic mass is 32.2. The van der Waals surface area contributed by atoms with Crippen LogP contribution in [0.15, 0.2) is 45.9 Å². The van der Waals surface area contributed by atoms with Crippen LogP contribution in [0.5, 0.6) is 5.75 Å². The lowest BCUT2D eigenvalue weighted by molar-refractivity contribution is 0.0381. The molecule has 2 aromatic heterocycles. The van der Waals surface area contributed by atoms with E-state index in [1.807, 2.05) is 0 Å². The summed E-state index contributed by atoms with van der Waals surface area (Å²) in [6.45, 7) is 0. The summed E-state index contributed by atoms with van der Waals surface area (Å²) in [4.78, 5) is 28.1. The summed E-state index contributed by atoms with van der Waals surface area (Å²) in [7, 11) is 4.77. The van der Waals surface area contributed by atoms with Gasteiger partial charge >= 0.3 is 0 Å². The van der Waals surface area contributed by atoms with Gasteiger partial charge in [-0.15, -0.1) is 0 Å². The molecule has 12 heteroatoms. The van der Waals surface area contributed by atoms with Crippen molar-refractivity contribution in [1.29, 1.82) is 10.8 Å². The van der Waals surface area contributed by atoms with Gasteiger partial charge in [0.2, 0.25) is 5.43 Å². The van der Waals surface area contributed by atoms with E-state index in [1.54, 1.807) is 26.4 Å². The van der Waals surface area contributed by atoms with E-state index < -0.39 is 34.4 Å². The average molecular weight is 544 g/mol. The van der Waals surface area contributed by atoms with Crippen molar-refractivity contribution in [2.75, 3.05) is 14.1 Å². The number of nitrogens with one attached hydrogen (secondary N) is 3. The number of aromatic nitrogens is 1. The van der Waals surface area contributed by atoms with E-state index >= 15 is 0 Å². The van der Waals surface area contributed by atoms with E-state index in [1.165, 1.54) is 28.8 Å². The molecule has 9 nitrogen and oxygen atoms in total. The van der Waals surface area contributed by atoms with Crippen LogP contribution in [-0.2, 0) is 25.6 Å². The number of hydrogen-bond donors (Lipinski definition) is 4. The number of thioether (sulfide) groups is 1. The van der Waals surface area contributed by atoms with Gasteiger partial charge in [0.25, 0.3) is 5.91 Å². The Kier molecular flexibility index (Phi) is 7.56. The molecule has 1 aliphatic carbocycles. The van der Waals surface area contributed by atoms with Crippen LogP contribution in [0.2, 0.25) is 0 Å². The third-order valence-electron chi connectivity index (χ3n) is 6.82. The quantitative estimate of drug-likeness (QED) is 0.213. The molecule has 0 saturated heterocycles. The first-order valence-corrected chi connectivity index (χ1v) is 12.6. The van der Waals surface area contributed by atoms with Crippen LogP contribution in [0.3, 0.4) is 0 Å². The average Bonchev–Trinajstić information content (AvgIpc) is 3.37. The minimum Gasteiger partial charge on any atom is -0.503 e. The highest BCUT2D eigenvalue weighted by Gasteiger charge is 2.44. The fourth-order valence-corrected chi connectivity index (χ4v) is 5.56. The third kappa shape index (κ3) is 4.76. The van der Waals surface area contributed by atoms with Gasteiger partial charge in [0.15, 0.2) is 11.4 Å². The van der Waals surface area contributed by atoms with Crippen molar-refractivity contribution < 1.29 is 23.1 Å². The van der Waals surface area contributed by atoms with Crippen LogP contribution in [0.1, 0.15) is 45.8 Å². The van der Waals surface area contributed by atoms with Crippen LogP contribution >= 0.6 is 11.8 Å². The number of aryl methyl sites for hydroxylation is 2. The molecule has 0 saturated carbocycles. The number of aromatic hydroxyl groups is 1. The molecule has 3 aromatic rings. The maximum Gasteiger partial charge on any atom is 0.275 e. The first kappa shape index (κ1) is 27.3. The van der Waals surface area contributed by atoms with Gasteiger partial charge in [-0.1, -0.05) is 17.8 Å². The molecular weight excluding hydrogens is 516 g/mol. The lowest BCUT2D eigenvalue weighted by atomic mass is 9.85. The van der Waals surface area contributed by atoms with Crippen LogP contribution < -0.4 is 10.7 Å². The van der Waals surface area contributed by atoms with Gasteiger partial charge in [-0.3, -0.25) is 25.7 Å². The van der Waals surface area contributed by atoms with Crippen molar-refractivity contribution >= 4 is 27.8 Å². The highest BCUT2D eigenvalue weighted by Crippen LogP contribution is 2.39. The molecule has 4 N–H and O–H groups in total. The summed E-state index contributed by atoms with van der Waals surface area (Å²) >= 11 is 0.598. The van der Waals surface area contributed by atoms with Crippen molar-refractivity contribution in [3.05, 3.63) is 86.7 Å². The van der Waals surface area contributed by atoms with Gasteiger partial charge in [0, 0.05) is 44.8 Å². The number of amides is 1. The number of fused-ring (bicyclic) bond motifs is 1. The fourth-order valence-electron chi connectivity index (χ4n) is 4.84. The highest BCUT2D eigenvalue weighted by molar-refractivity contribution is 8.26. The Hall–Kier alpha value is -3.77. The van der Waals surface area contributed by atoms with E-state index in [4.69, 9.17) is 15.2 Å². The van der Waals surface area contributed by atoms with Crippen molar-refractivity contribution in [2.24, 2.45) is 7.05 Å². The molecule has 0 radical (unpaired) electrons. The van der Waals surface area contributed by atoms with Crippen LogP contribution in [-0.4, -0.2) is 44.7 Å². The fraction of sp³-hybridized carbons (Fsp3) is 0.308. The molecule has 1 unspecified atom stereocenters. The summed E-state index contributed by atoms with van der Waals surface area (Å²) in [5, 5.41) is 29.9. The molecule has 1 amide bonds. The van der Waals surface area contributed by atoms with E-state index in [-0.39, 0.29) is 33.3 Å². The van der Waals surface area contributed by atoms with Crippen molar-refractivity contribution in [3.63, 3.8) is 0 Å². The topological polar surface area (TPSA) is 135 Å². The predicted molar refractivity (Wildman–Crippen MR) is 140 cm³/mol. The minimum absolute atomic E-state index is 0.0680. The Morgan fingerprint density at radius 2 is 2.05 bits per heavy atom. The van der Waals surface area contributed by atoms with E-state index in [9.17, 15) is 23.5 Å². The largest absolute Gasteiger partial charge is 0.503 e. The van der Waals surface area contributed by atoms with Crippen LogP contribution in [0, 0.1) is 22.5 Å². The molecule has 0 bridgehead atoms. The van der Waals surface area contributed by atoms with Crippen molar-refractivity contribution in [3.8, 4) is 5.75 Å². The molecule has 0 aliphatic heterocycles. The number of rotatable bonds is 6. The molecule has 38 heavy (non-hydrogen) atoms. The van der Waals surface area contributed by atoms with Gasteiger partial charge in [-0.2, -0.15) is 0 Å². The Bertz CT molecular complexity index is 1500. The van der Waals surface area contributed by atoms with Crippen molar-refractivity contribution in [1.82, 2.24) is 14.8 Å². The number of nitrogens with zero attached hydrogens (tertiary/aromatic N) is 2. The van der Waals surface area contributed by atoms with E-state index in [0.29, 0.717) is 24.2 Å². The Morgan fingerprint density at radius 1 is 1.32 bits per heavy atom. The zero-order valence-electron chi connectivity index (χ0n) is 21.0. The number of hydrogen-bond acceptors (Lipinski definition) is 8. The maximum absolute atomic E-state index is 13.9. The summed E-state index contributed by atoms with van der Waals surface area (Å²) in [6.07, 6.45) is 4.67. The summed E-state index contributed by atoms with van der Waals surface area (Å²) < 4.78 is 33.9. The monoisotopic (exact) mass is 543 g/mol. The number of furan rings is 1. The third-order valence-corrected chi connectivity index (χ3v) is 7.64. The molecular formula is C26H27F2N5O4S. The Morgan fingerprint density at radius 3 is 2.74 bits per heavy atom. The van der Waals surface area contributed by atoms with Gasteiger partial charge in [-0.05, 0) is 37.6 Å². The van der Waals surface area contributed by atoms with E-state index in [0.717, 1.165) is 30.2 Å². The number of benzene rings is 1. The Labute approximate surface area is 221 Å². The standard InChI is InChI=1S/C26H27F2N5O4S/c1-31-26(9-4-5-19-17(26)8-10-37-19)33(3)25(36)21-23(35)22(34)16(13-32(21)2)24(30)38-20(29)11-14-6-7-15(27)12-18(14)28/h6-8,10,12-13,29-31,35H,4-5,9,11H2,1-3H3. The number of carbonyl (C=O) groups excluding carboxylic acids is 1. The molecule has 0 fully saturated rings. The second kappa shape index (κ2) is 10.5. The molecule has 200 valence electrons. The number of halogens is 2. The minimum atomic E-state index is -0.940.